The summed E-state index contributed by atoms with van der Waals surface area (Å²) in [6, 6.07) is 10.1. The first-order valence-electron chi connectivity index (χ1n) is 6.26. The summed E-state index contributed by atoms with van der Waals surface area (Å²) in [6.45, 7) is 3.19. The van der Waals surface area contributed by atoms with Gasteiger partial charge in [0.2, 0.25) is 0 Å². The van der Waals surface area contributed by atoms with Crippen LogP contribution < -0.4 is 5.32 Å². The van der Waals surface area contributed by atoms with Crippen LogP contribution >= 0.6 is 15.9 Å². The van der Waals surface area contributed by atoms with Crippen LogP contribution in [-0.4, -0.2) is 11.7 Å². The highest BCUT2D eigenvalue weighted by Crippen LogP contribution is 2.38. The number of hydrogen-bond acceptors (Lipinski definition) is 2. The van der Waals surface area contributed by atoms with E-state index >= 15 is 0 Å². The average Bonchev–Trinajstić information content (AvgIpc) is 2.77. The Morgan fingerprint density at radius 3 is 2.78 bits per heavy atom. The van der Waals surface area contributed by atoms with Gasteiger partial charge in [-0.2, -0.15) is 0 Å². The molecule has 3 rings (SSSR count). The summed E-state index contributed by atoms with van der Waals surface area (Å²) in [5.41, 5.74) is 0.909. The summed E-state index contributed by atoms with van der Waals surface area (Å²) in [7, 11) is 0. The molecule has 0 amide bonds. The number of fused-ring (bicyclic) bond motifs is 1. The normalized spacial score (nSPS) is 23.7. The van der Waals surface area contributed by atoms with E-state index in [9.17, 15) is 5.11 Å². The molecule has 0 saturated carbocycles. The van der Waals surface area contributed by atoms with Gasteiger partial charge >= 0.3 is 0 Å². The molecule has 18 heavy (non-hydrogen) atoms. The van der Waals surface area contributed by atoms with Crippen LogP contribution in [0, 0.1) is 0 Å². The fraction of sp³-hybridized carbons (Fsp3) is 0.333. The molecule has 1 unspecified atom stereocenters. The summed E-state index contributed by atoms with van der Waals surface area (Å²) >= 11 is 3.49. The van der Waals surface area contributed by atoms with Gasteiger partial charge in [0.1, 0.15) is 5.75 Å². The maximum absolute atomic E-state index is 10.3. The second-order valence-electron chi connectivity index (χ2n) is 5.22. The lowest BCUT2D eigenvalue weighted by Gasteiger charge is -2.26. The van der Waals surface area contributed by atoms with Crippen molar-refractivity contribution in [3.05, 3.63) is 40.4 Å². The minimum Gasteiger partial charge on any atom is -0.508 e. The Balaban J connectivity index is 2.20. The minimum absolute atomic E-state index is 0.0966. The summed E-state index contributed by atoms with van der Waals surface area (Å²) in [4.78, 5) is 0. The van der Waals surface area contributed by atoms with Crippen molar-refractivity contribution in [3.8, 4) is 5.75 Å². The largest absolute Gasteiger partial charge is 0.508 e. The molecule has 0 aromatic heterocycles. The summed E-state index contributed by atoms with van der Waals surface area (Å²) in [5.74, 6) is 0.390. The summed E-state index contributed by atoms with van der Waals surface area (Å²) < 4.78 is 1.07. The van der Waals surface area contributed by atoms with Gasteiger partial charge in [-0.25, -0.2) is 0 Å². The van der Waals surface area contributed by atoms with Crippen LogP contribution in [0.4, 0.5) is 0 Å². The molecular weight excluding hydrogens is 290 g/mol. The Morgan fingerprint density at radius 1 is 1.22 bits per heavy atom. The van der Waals surface area contributed by atoms with Crippen molar-refractivity contribution in [2.45, 2.75) is 25.3 Å². The first-order chi connectivity index (χ1) is 8.58. The van der Waals surface area contributed by atoms with E-state index in [1.54, 1.807) is 0 Å². The van der Waals surface area contributed by atoms with Crippen molar-refractivity contribution in [2.24, 2.45) is 0 Å². The molecule has 1 aliphatic heterocycles. The van der Waals surface area contributed by atoms with Crippen molar-refractivity contribution in [2.75, 3.05) is 6.54 Å². The highest BCUT2D eigenvalue weighted by molar-refractivity contribution is 9.10. The molecule has 1 fully saturated rings. The zero-order valence-electron chi connectivity index (χ0n) is 10.3. The molecule has 1 saturated heterocycles. The lowest BCUT2D eigenvalue weighted by Crippen LogP contribution is -2.33. The smallest absolute Gasteiger partial charge is 0.121 e. The van der Waals surface area contributed by atoms with E-state index in [0.29, 0.717) is 5.75 Å². The Bertz CT molecular complexity index is 603. The van der Waals surface area contributed by atoms with Gasteiger partial charge in [-0.1, -0.05) is 22.0 Å². The molecule has 2 aromatic carbocycles. The van der Waals surface area contributed by atoms with Crippen molar-refractivity contribution >= 4 is 26.7 Å². The van der Waals surface area contributed by atoms with Crippen LogP contribution in [0.15, 0.2) is 34.8 Å². The van der Waals surface area contributed by atoms with Crippen molar-refractivity contribution < 1.29 is 5.11 Å². The molecule has 1 atom stereocenters. The monoisotopic (exact) mass is 305 g/mol. The zero-order chi connectivity index (χ0) is 12.8. The van der Waals surface area contributed by atoms with Crippen LogP contribution in [0.2, 0.25) is 0 Å². The van der Waals surface area contributed by atoms with Gasteiger partial charge in [0, 0.05) is 15.6 Å². The van der Waals surface area contributed by atoms with Crippen molar-refractivity contribution in [3.63, 3.8) is 0 Å². The Kier molecular flexibility index (Phi) is 2.83. The minimum atomic E-state index is -0.0966. The molecule has 1 heterocycles. The maximum Gasteiger partial charge on any atom is 0.121 e. The summed E-state index contributed by atoms with van der Waals surface area (Å²) in [5, 5.41) is 16.0. The number of phenolic OH excluding ortho intramolecular Hbond substituents is 1. The maximum atomic E-state index is 10.3. The van der Waals surface area contributed by atoms with Crippen LogP contribution in [0.1, 0.15) is 25.3 Å². The fourth-order valence-electron chi connectivity index (χ4n) is 2.82. The molecule has 1 aliphatic rings. The molecule has 3 heteroatoms. The predicted octanol–water partition coefficient (Wildman–Crippen LogP) is 3.91. The third-order valence-electron chi connectivity index (χ3n) is 3.88. The van der Waals surface area contributed by atoms with Gasteiger partial charge in [0.15, 0.2) is 0 Å². The number of phenols is 1. The van der Waals surface area contributed by atoms with E-state index in [2.05, 4.69) is 40.3 Å². The third-order valence-corrected chi connectivity index (χ3v) is 4.37. The number of benzene rings is 2. The fourth-order valence-corrected chi connectivity index (χ4v) is 3.20. The van der Waals surface area contributed by atoms with Gasteiger partial charge in [-0.3, -0.25) is 0 Å². The van der Waals surface area contributed by atoms with Gasteiger partial charge in [-0.05, 0) is 61.3 Å². The molecule has 0 aliphatic carbocycles. The van der Waals surface area contributed by atoms with E-state index in [1.807, 2.05) is 18.2 Å². The van der Waals surface area contributed by atoms with Crippen molar-refractivity contribution in [1.29, 1.82) is 0 Å². The number of aromatic hydroxyl groups is 1. The molecule has 2 nitrogen and oxygen atoms in total. The van der Waals surface area contributed by atoms with Crippen LogP contribution in [0.25, 0.3) is 10.8 Å². The average molecular weight is 306 g/mol. The van der Waals surface area contributed by atoms with Crippen molar-refractivity contribution in [1.82, 2.24) is 5.32 Å². The van der Waals surface area contributed by atoms with E-state index < -0.39 is 0 Å². The quantitative estimate of drug-likeness (QED) is 0.837. The lowest BCUT2D eigenvalue weighted by atomic mass is 9.88. The van der Waals surface area contributed by atoms with Crippen LogP contribution in [-0.2, 0) is 5.54 Å². The highest BCUT2D eigenvalue weighted by atomic mass is 79.9. The second kappa shape index (κ2) is 4.25. The standard InChI is InChI=1S/C15H16BrNO/c1-15(5-2-6-17-15)13-8-11-7-12(16)4-3-10(11)9-14(13)18/h3-4,7-9,17-18H,2,5-6H2,1H3. The van der Waals surface area contributed by atoms with Gasteiger partial charge < -0.3 is 10.4 Å². The van der Waals surface area contributed by atoms with Gasteiger partial charge in [0.25, 0.3) is 0 Å². The van der Waals surface area contributed by atoms with E-state index in [-0.39, 0.29) is 5.54 Å². The predicted molar refractivity (Wildman–Crippen MR) is 77.9 cm³/mol. The molecular formula is C15H16BrNO. The highest BCUT2D eigenvalue weighted by Gasteiger charge is 2.32. The molecule has 0 radical (unpaired) electrons. The zero-order valence-corrected chi connectivity index (χ0v) is 11.9. The second-order valence-corrected chi connectivity index (χ2v) is 6.14. The molecule has 0 bridgehead atoms. The van der Waals surface area contributed by atoms with Crippen LogP contribution in [0.3, 0.4) is 0 Å². The molecule has 94 valence electrons. The van der Waals surface area contributed by atoms with E-state index in [1.165, 1.54) is 0 Å². The number of hydrogen-bond donors (Lipinski definition) is 2. The SMILES string of the molecule is CC1(c2cc3cc(Br)ccc3cc2O)CCCN1. The Morgan fingerprint density at radius 2 is 2.06 bits per heavy atom. The summed E-state index contributed by atoms with van der Waals surface area (Å²) in [6.07, 6.45) is 2.23. The number of halogens is 1. The molecule has 0 spiro atoms. The number of rotatable bonds is 1. The topological polar surface area (TPSA) is 32.3 Å². The Labute approximate surface area is 115 Å². The first kappa shape index (κ1) is 12.0. The van der Waals surface area contributed by atoms with Crippen LogP contribution in [0.5, 0.6) is 5.75 Å². The third kappa shape index (κ3) is 1.91. The van der Waals surface area contributed by atoms with E-state index in [4.69, 9.17) is 0 Å². The number of nitrogens with one attached hydrogen (secondary N) is 1. The Hall–Kier alpha value is -1.06. The van der Waals surface area contributed by atoms with Gasteiger partial charge in [0.05, 0.1) is 0 Å². The molecule has 2 aromatic rings. The first-order valence-corrected chi connectivity index (χ1v) is 7.06. The van der Waals surface area contributed by atoms with E-state index in [0.717, 1.165) is 40.2 Å². The molecule has 2 N–H and O–H groups in total. The lowest BCUT2D eigenvalue weighted by molar-refractivity contribution is 0.395. The van der Waals surface area contributed by atoms with Gasteiger partial charge in [-0.15, -0.1) is 0 Å².